The Hall–Kier alpha value is -0.800. The van der Waals surface area contributed by atoms with Crippen molar-refractivity contribution in [3.8, 4) is 0 Å². The molecule has 0 aromatic carbocycles. The molecule has 0 N–H and O–H groups in total. The van der Waals surface area contributed by atoms with Crippen molar-refractivity contribution in [1.29, 1.82) is 0 Å². The summed E-state index contributed by atoms with van der Waals surface area (Å²) < 4.78 is 247. The molecule has 0 radical (unpaired) electrons. The molecule has 212 valence electrons. The molecule has 0 aromatic rings. The van der Waals surface area contributed by atoms with E-state index in [1.165, 1.54) is 0 Å². The number of sulfonamides is 1. The molecule has 0 aliphatic heterocycles. The van der Waals surface area contributed by atoms with Crippen LogP contribution in [0.1, 0.15) is 12.8 Å². The lowest BCUT2D eigenvalue weighted by atomic mass is 9.91. The topological polar surface area (TPSA) is 37.4 Å². The molecule has 0 rings (SSSR count). The van der Waals surface area contributed by atoms with Crippen molar-refractivity contribution >= 4 is 26.0 Å². The van der Waals surface area contributed by atoms with Gasteiger partial charge in [-0.1, -0.05) is 15.9 Å². The molecular formula is C13H11BrF17NO2S. The lowest BCUT2D eigenvalue weighted by Gasteiger charge is -2.42. The summed E-state index contributed by atoms with van der Waals surface area (Å²) in [4.78, 5) is 0. The zero-order valence-electron chi connectivity index (χ0n) is 16.3. The normalized spacial score (nSPS) is 16.2. The predicted molar refractivity (Wildman–Crippen MR) is 85.3 cm³/mol. The quantitative estimate of drug-likeness (QED) is 0.140. The van der Waals surface area contributed by atoms with Crippen LogP contribution in [-0.2, 0) is 10.0 Å². The molecule has 22 heteroatoms. The minimum Gasteiger partial charge on any atom is -0.206 e. The lowest BCUT2D eigenvalue weighted by Crippen LogP contribution is -2.75. The Morgan fingerprint density at radius 3 is 1.20 bits per heavy atom. The van der Waals surface area contributed by atoms with Gasteiger partial charge < -0.3 is 0 Å². The van der Waals surface area contributed by atoms with Crippen LogP contribution in [0.15, 0.2) is 0 Å². The maximum atomic E-state index is 13.9. The van der Waals surface area contributed by atoms with Gasteiger partial charge in [-0.25, -0.2) is 8.42 Å². The summed E-state index contributed by atoms with van der Waals surface area (Å²) in [6.45, 7) is -1.19. The van der Waals surface area contributed by atoms with E-state index in [1.807, 2.05) is 0 Å². The van der Waals surface area contributed by atoms with Crippen LogP contribution in [0, 0.1) is 0 Å². The molecule has 0 unspecified atom stereocenters. The maximum Gasteiger partial charge on any atom is 0.460 e. The Labute approximate surface area is 192 Å². The van der Waals surface area contributed by atoms with Crippen molar-refractivity contribution < 1.29 is 83.1 Å². The molecule has 0 heterocycles. The lowest BCUT2D eigenvalue weighted by molar-refractivity contribution is -0.458. The smallest absolute Gasteiger partial charge is 0.206 e. The summed E-state index contributed by atoms with van der Waals surface area (Å²) in [6.07, 6.45) is -8.41. The molecule has 0 saturated carbocycles. The molecule has 35 heavy (non-hydrogen) atoms. The van der Waals surface area contributed by atoms with Crippen LogP contribution in [0.5, 0.6) is 0 Å². The van der Waals surface area contributed by atoms with Crippen LogP contribution in [0.2, 0.25) is 0 Å². The van der Waals surface area contributed by atoms with Crippen molar-refractivity contribution in [2.45, 2.75) is 59.8 Å². The number of unbranched alkanes of at least 4 members (excludes halogenated alkanes) is 1. The highest BCUT2D eigenvalue weighted by atomic mass is 79.9. The van der Waals surface area contributed by atoms with Gasteiger partial charge in [0.15, 0.2) is 0 Å². The average molecular weight is 648 g/mol. The minimum absolute atomic E-state index is 0.0104. The van der Waals surface area contributed by atoms with Gasteiger partial charge in [0.05, 0.1) is 0 Å². The van der Waals surface area contributed by atoms with E-state index in [1.54, 1.807) is 0 Å². The van der Waals surface area contributed by atoms with E-state index in [9.17, 15) is 83.1 Å². The number of hydrogen-bond acceptors (Lipinski definition) is 2. The first kappa shape index (κ1) is 34.2. The van der Waals surface area contributed by atoms with Crippen LogP contribution in [0.3, 0.4) is 0 Å². The molecule has 0 aliphatic rings. The van der Waals surface area contributed by atoms with E-state index in [0.717, 1.165) is 0 Å². The third kappa shape index (κ3) is 4.78. The second-order valence-corrected chi connectivity index (χ2v) is 9.56. The third-order valence-corrected chi connectivity index (χ3v) is 6.75. The molecule has 0 atom stereocenters. The van der Waals surface area contributed by atoms with E-state index in [2.05, 4.69) is 15.9 Å². The molecule has 0 amide bonds. The van der Waals surface area contributed by atoms with E-state index in [-0.39, 0.29) is 18.8 Å². The Balaban J connectivity index is 6.80. The number of alkyl halides is 18. The highest BCUT2D eigenvalue weighted by molar-refractivity contribution is 9.09. The van der Waals surface area contributed by atoms with Crippen LogP contribution in [0.25, 0.3) is 0 Å². The predicted octanol–water partition coefficient (Wildman–Crippen LogP) is 6.39. The zero-order valence-corrected chi connectivity index (χ0v) is 18.7. The van der Waals surface area contributed by atoms with Gasteiger partial charge in [-0.15, -0.1) is 0 Å². The largest absolute Gasteiger partial charge is 0.460 e. The Morgan fingerprint density at radius 2 is 0.886 bits per heavy atom. The summed E-state index contributed by atoms with van der Waals surface area (Å²) in [5, 5.41) is -7.46. The standard InChI is InChI=1S/C13H11BrF17NO2S/c1-32(5-3-2-4-14)35(33,34)13(30,31)11(25,26)9(21,22)7(17,18)6(15,16)8(19,20)10(23,24)12(27,28)29/h2-5H2,1H3. The molecular weight excluding hydrogens is 637 g/mol. The van der Waals surface area contributed by atoms with Gasteiger partial charge in [0.25, 0.3) is 10.0 Å². The molecule has 0 aromatic heterocycles. The fourth-order valence-electron chi connectivity index (χ4n) is 2.06. The summed E-state index contributed by atoms with van der Waals surface area (Å²) in [7, 11) is -7.18. The summed E-state index contributed by atoms with van der Waals surface area (Å²) >= 11 is 2.76. The number of hydrogen-bond donors (Lipinski definition) is 0. The van der Waals surface area contributed by atoms with E-state index in [4.69, 9.17) is 0 Å². The SMILES string of the molecule is CN(CCCCBr)S(=O)(=O)C(F)(F)C(F)(F)C(F)(F)C(F)(F)C(F)(F)C(F)(F)C(F)(F)C(F)(F)F. The second-order valence-electron chi connectivity index (χ2n) is 6.68. The minimum atomic E-state index is -8.82. The second kappa shape index (κ2) is 9.50. The van der Waals surface area contributed by atoms with Crippen molar-refractivity contribution in [1.82, 2.24) is 4.31 Å². The highest BCUT2D eigenvalue weighted by Gasteiger charge is 2.96. The summed E-state index contributed by atoms with van der Waals surface area (Å²) in [5.74, 6) is -51.5. The van der Waals surface area contributed by atoms with Crippen molar-refractivity contribution in [3.05, 3.63) is 0 Å². The first-order chi connectivity index (χ1) is 15.0. The fraction of sp³-hybridized carbons (Fsp3) is 1.00. The zero-order chi connectivity index (χ0) is 28.9. The van der Waals surface area contributed by atoms with Crippen molar-refractivity contribution in [2.24, 2.45) is 0 Å². The van der Waals surface area contributed by atoms with E-state index < -0.39 is 74.3 Å². The molecule has 0 spiro atoms. The number of halogens is 18. The van der Waals surface area contributed by atoms with Crippen LogP contribution in [-0.4, -0.2) is 78.6 Å². The van der Waals surface area contributed by atoms with Crippen LogP contribution >= 0.6 is 15.9 Å². The van der Waals surface area contributed by atoms with Crippen LogP contribution < -0.4 is 0 Å². The van der Waals surface area contributed by atoms with Crippen LogP contribution in [0.4, 0.5) is 74.6 Å². The van der Waals surface area contributed by atoms with Crippen molar-refractivity contribution in [2.75, 3.05) is 18.9 Å². The van der Waals surface area contributed by atoms with Gasteiger partial charge in [-0.05, 0) is 12.8 Å². The van der Waals surface area contributed by atoms with Gasteiger partial charge in [0, 0.05) is 18.9 Å². The Morgan fingerprint density at radius 1 is 0.571 bits per heavy atom. The van der Waals surface area contributed by atoms with E-state index >= 15 is 0 Å². The van der Waals surface area contributed by atoms with Gasteiger partial charge in [0.2, 0.25) is 0 Å². The van der Waals surface area contributed by atoms with E-state index in [0.29, 0.717) is 0 Å². The van der Waals surface area contributed by atoms with Gasteiger partial charge >= 0.3 is 47.0 Å². The van der Waals surface area contributed by atoms with Crippen molar-refractivity contribution in [3.63, 3.8) is 0 Å². The summed E-state index contributed by atoms with van der Waals surface area (Å²) in [5.41, 5.74) is 0. The summed E-state index contributed by atoms with van der Waals surface area (Å²) in [6, 6.07) is 0. The maximum absolute atomic E-state index is 13.9. The third-order valence-electron chi connectivity index (χ3n) is 4.28. The molecule has 0 saturated heterocycles. The Kier molecular flexibility index (Phi) is 9.28. The highest BCUT2D eigenvalue weighted by Crippen LogP contribution is 2.64. The molecule has 3 nitrogen and oxygen atoms in total. The first-order valence-corrected chi connectivity index (χ1v) is 10.8. The number of nitrogens with zero attached hydrogens (tertiary/aromatic N) is 1. The molecule has 0 bridgehead atoms. The molecule has 0 aliphatic carbocycles. The fourth-order valence-corrected chi connectivity index (χ4v) is 3.67. The average Bonchev–Trinajstić information content (AvgIpc) is 2.65. The Bertz CT molecular complexity index is 855. The first-order valence-electron chi connectivity index (χ1n) is 8.21. The number of rotatable bonds is 12. The van der Waals surface area contributed by atoms with Gasteiger partial charge in [-0.3, -0.25) is 0 Å². The van der Waals surface area contributed by atoms with Gasteiger partial charge in [-0.2, -0.15) is 78.9 Å². The monoisotopic (exact) mass is 647 g/mol. The van der Waals surface area contributed by atoms with Gasteiger partial charge in [0.1, 0.15) is 0 Å². The molecule has 0 fully saturated rings.